The van der Waals surface area contributed by atoms with Gasteiger partial charge in [-0.2, -0.15) is 0 Å². The minimum Gasteiger partial charge on any atom is -0.462 e. The van der Waals surface area contributed by atoms with E-state index in [4.69, 9.17) is 9.47 Å². The SMILES string of the molecule is O=C(CCC(=O)OC(C1CC=CCC1)C1CC=CCC1)OC(C1CC=CCC1)C1CC=CCC1. The zero-order valence-electron chi connectivity index (χ0n) is 20.6. The van der Waals surface area contributed by atoms with Crippen LogP contribution in [-0.2, 0) is 19.1 Å². The molecule has 0 heterocycles. The van der Waals surface area contributed by atoms with Gasteiger partial charge in [-0.3, -0.25) is 9.59 Å². The predicted octanol–water partition coefficient (Wildman–Crippen LogP) is 7.02. The lowest BCUT2D eigenvalue weighted by molar-refractivity contribution is -0.163. The summed E-state index contributed by atoms with van der Waals surface area (Å²) in [5.74, 6) is 1.06. The molecule has 4 aliphatic rings. The average Bonchev–Trinajstić information content (AvgIpc) is 2.91. The Kier molecular flexibility index (Phi) is 9.64. The van der Waals surface area contributed by atoms with E-state index in [9.17, 15) is 9.59 Å². The maximum absolute atomic E-state index is 12.8. The van der Waals surface area contributed by atoms with Crippen LogP contribution in [0.1, 0.15) is 89.9 Å². The van der Waals surface area contributed by atoms with E-state index in [0.717, 1.165) is 77.0 Å². The Morgan fingerprint density at radius 3 is 1.06 bits per heavy atom. The molecule has 4 rings (SSSR count). The Morgan fingerprint density at radius 2 is 0.824 bits per heavy atom. The Balaban J connectivity index is 1.30. The fourth-order valence-corrected chi connectivity index (χ4v) is 6.24. The first-order chi connectivity index (χ1) is 16.7. The van der Waals surface area contributed by atoms with E-state index in [0.29, 0.717) is 23.7 Å². The molecule has 0 fully saturated rings. The van der Waals surface area contributed by atoms with E-state index in [1.54, 1.807) is 0 Å². The number of hydrogen-bond acceptors (Lipinski definition) is 4. The highest BCUT2D eigenvalue weighted by Crippen LogP contribution is 2.36. The van der Waals surface area contributed by atoms with Gasteiger partial charge in [0.25, 0.3) is 0 Å². The fourth-order valence-electron chi connectivity index (χ4n) is 6.24. The number of esters is 2. The number of allylic oxidation sites excluding steroid dienone is 8. The lowest BCUT2D eigenvalue weighted by atomic mass is 9.78. The lowest BCUT2D eigenvalue weighted by Crippen LogP contribution is -2.36. The normalized spacial score (nSPS) is 30.5. The fraction of sp³-hybridized carbons (Fsp3) is 0.667. The van der Waals surface area contributed by atoms with Crippen molar-refractivity contribution in [1.29, 1.82) is 0 Å². The summed E-state index contributed by atoms with van der Waals surface area (Å²) < 4.78 is 12.2. The molecule has 0 saturated carbocycles. The molecule has 0 spiro atoms. The third kappa shape index (κ3) is 7.20. The summed E-state index contributed by atoms with van der Waals surface area (Å²) in [6, 6.07) is 0. The largest absolute Gasteiger partial charge is 0.462 e. The van der Waals surface area contributed by atoms with Crippen molar-refractivity contribution in [3.8, 4) is 0 Å². The molecule has 34 heavy (non-hydrogen) atoms. The van der Waals surface area contributed by atoms with E-state index >= 15 is 0 Å². The first-order valence-corrected chi connectivity index (χ1v) is 13.7. The van der Waals surface area contributed by atoms with Gasteiger partial charge in [0, 0.05) is 0 Å². The van der Waals surface area contributed by atoms with Gasteiger partial charge in [-0.15, -0.1) is 0 Å². The van der Waals surface area contributed by atoms with Gasteiger partial charge >= 0.3 is 11.9 Å². The van der Waals surface area contributed by atoms with Crippen LogP contribution in [0.15, 0.2) is 48.6 Å². The molecule has 0 aromatic rings. The Labute approximate surface area is 205 Å². The van der Waals surface area contributed by atoms with Crippen LogP contribution in [0.4, 0.5) is 0 Å². The van der Waals surface area contributed by atoms with Gasteiger partial charge in [-0.05, 0) is 101 Å². The topological polar surface area (TPSA) is 52.6 Å². The molecule has 4 nitrogen and oxygen atoms in total. The van der Waals surface area contributed by atoms with Crippen molar-refractivity contribution in [2.75, 3.05) is 0 Å². The molecule has 4 atom stereocenters. The van der Waals surface area contributed by atoms with Gasteiger partial charge in [0.15, 0.2) is 0 Å². The molecule has 4 heteroatoms. The first-order valence-electron chi connectivity index (χ1n) is 13.7. The summed E-state index contributed by atoms with van der Waals surface area (Å²) in [6.07, 6.45) is 30.4. The smallest absolute Gasteiger partial charge is 0.306 e. The quantitative estimate of drug-likeness (QED) is 0.271. The molecule has 0 aromatic carbocycles. The number of carbonyl (C=O) groups excluding carboxylic acids is 2. The molecule has 4 aliphatic carbocycles. The molecule has 0 radical (unpaired) electrons. The minimum absolute atomic E-state index is 0.0470. The van der Waals surface area contributed by atoms with Crippen molar-refractivity contribution < 1.29 is 19.1 Å². The molecule has 0 bridgehead atoms. The highest BCUT2D eigenvalue weighted by molar-refractivity contribution is 5.77. The van der Waals surface area contributed by atoms with Gasteiger partial charge in [-0.1, -0.05) is 48.6 Å². The number of rotatable bonds is 9. The molecule has 0 aliphatic heterocycles. The molecular weight excluding hydrogens is 424 g/mol. The van der Waals surface area contributed by atoms with Crippen molar-refractivity contribution in [3.63, 3.8) is 0 Å². The molecule has 186 valence electrons. The zero-order valence-corrected chi connectivity index (χ0v) is 20.6. The number of hydrogen-bond donors (Lipinski definition) is 0. The summed E-state index contributed by atoms with van der Waals surface area (Å²) in [6.45, 7) is 0. The average molecular weight is 467 g/mol. The first kappa shape index (κ1) is 25.0. The van der Waals surface area contributed by atoms with Crippen molar-refractivity contribution >= 4 is 11.9 Å². The van der Waals surface area contributed by atoms with E-state index < -0.39 is 0 Å². The van der Waals surface area contributed by atoms with Crippen molar-refractivity contribution in [3.05, 3.63) is 48.6 Å². The lowest BCUT2D eigenvalue weighted by Gasteiger charge is -2.35. The molecule has 0 aromatic heterocycles. The van der Waals surface area contributed by atoms with Gasteiger partial charge < -0.3 is 9.47 Å². The minimum atomic E-state index is -0.246. The zero-order chi connectivity index (χ0) is 23.6. The Bertz CT molecular complexity index is 678. The van der Waals surface area contributed by atoms with Crippen LogP contribution in [0.3, 0.4) is 0 Å². The molecule has 0 saturated heterocycles. The van der Waals surface area contributed by atoms with Crippen LogP contribution < -0.4 is 0 Å². The highest BCUT2D eigenvalue weighted by atomic mass is 16.6. The maximum Gasteiger partial charge on any atom is 0.306 e. The van der Waals surface area contributed by atoms with E-state index in [1.807, 2.05) is 0 Å². The monoisotopic (exact) mass is 466 g/mol. The molecular formula is C30H42O4. The summed E-state index contributed by atoms with van der Waals surface area (Å²) in [7, 11) is 0. The van der Waals surface area contributed by atoms with Crippen LogP contribution in [0.25, 0.3) is 0 Å². The van der Waals surface area contributed by atoms with Crippen LogP contribution in [0.5, 0.6) is 0 Å². The van der Waals surface area contributed by atoms with Gasteiger partial charge in [-0.25, -0.2) is 0 Å². The number of ether oxygens (including phenoxy) is 2. The van der Waals surface area contributed by atoms with Gasteiger partial charge in [0.2, 0.25) is 0 Å². The third-order valence-electron chi connectivity index (χ3n) is 8.17. The van der Waals surface area contributed by atoms with E-state index in [-0.39, 0.29) is 37.0 Å². The van der Waals surface area contributed by atoms with Crippen molar-refractivity contribution in [1.82, 2.24) is 0 Å². The van der Waals surface area contributed by atoms with Crippen LogP contribution in [-0.4, -0.2) is 24.1 Å². The van der Waals surface area contributed by atoms with Gasteiger partial charge in [0.1, 0.15) is 12.2 Å². The molecule has 0 amide bonds. The summed E-state index contributed by atoms with van der Waals surface area (Å²) in [4.78, 5) is 25.7. The molecule has 0 N–H and O–H groups in total. The highest BCUT2D eigenvalue weighted by Gasteiger charge is 2.34. The maximum atomic E-state index is 12.8. The van der Waals surface area contributed by atoms with Crippen LogP contribution >= 0.6 is 0 Å². The van der Waals surface area contributed by atoms with E-state index in [2.05, 4.69) is 48.6 Å². The second-order valence-electron chi connectivity index (χ2n) is 10.6. The van der Waals surface area contributed by atoms with E-state index in [1.165, 1.54) is 0 Å². The third-order valence-corrected chi connectivity index (χ3v) is 8.17. The number of carbonyl (C=O) groups is 2. The Morgan fingerprint density at radius 1 is 0.529 bits per heavy atom. The van der Waals surface area contributed by atoms with Crippen LogP contribution in [0, 0.1) is 23.7 Å². The summed E-state index contributed by atoms with van der Waals surface area (Å²) in [5, 5.41) is 0. The Hall–Kier alpha value is -2.10. The van der Waals surface area contributed by atoms with Crippen LogP contribution in [0.2, 0.25) is 0 Å². The van der Waals surface area contributed by atoms with Gasteiger partial charge in [0.05, 0.1) is 12.8 Å². The van der Waals surface area contributed by atoms with Crippen molar-refractivity contribution in [2.24, 2.45) is 23.7 Å². The van der Waals surface area contributed by atoms with Crippen molar-refractivity contribution in [2.45, 2.75) is 102 Å². The predicted molar refractivity (Wildman–Crippen MR) is 135 cm³/mol. The molecule has 4 unspecified atom stereocenters. The second kappa shape index (κ2) is 13.1. The summed E-state index contributed by atoms with van der Waals surface area (Å²) >= 11 is 0. The standard InChI is InChI=1S/C30H42O4/c31-27(33-29(23-13-5-1-6-14-23)24-15-7-2-8-16-24)21-22-28(32)34-30(25-17-9-3-10-18-25)26-19-11-4-12-20-26/h1-5,7,9,11,23-26,29-30H,6,8,10,12-22H2. The second-order valence-corrected chi connectivity index (χ2v) is 10.6. The summed E-state index contributed by atoms with van der Waals surface area (Å²) in [5.41, 5.74) is 0.